The number of fused-ring (bicyclic) bond motifs is 1. The van der Waals surface area contributed by atoms with Gasteiger partial charge in [0.15, 0.2) is 0 Å². The minimum Gasteiger partial charge on any atom is -0.495 e. The average Bonchev–Trinajstić information content (AvgIpc) is 2.96. The number of hydrogen-bond donors (Lipinski definition) is 1. The zero-order valence-electron chi connectivity index (χ0n) is 17.9. The Morgan fingerprint density at radius 1 is 1.12 bits per heavy atom. The first-order valence-electron chi connectivity index (χ1n) is 10.7. The van der Waals surface area contributed by atoms with Crippen LogP contribution in [0.3, 0.4) is 0 Å². The number of methoxy groups -OCH3 is 1. The number of rotatable bonds is 6. The molecule has 0 bridgehead atoms. The number of sulfonamides is 1. The molecular weight excluding hydrogens is 432 g/mol. The summed E-state index contributed by atoms with van der Waals surface area (Å²) in [6.07, 6.45) is 2.93. The van der Waals surface area contributed by atoms with E-state index in [-0.39, 0.29) is 17.0 Å². The highest BCUT2D eigenvalue weighted by atomic mass is 32.2. The molecule has 2 aliphatic heterocycles. The van der Waals surface area contributed by atoms with Gasteiger partial charge < -0.3 is 14.8 Å². The van der Waals surface area contributed by atoms with E-state index in [1.54, 1.807) is 24.3 Å². The topological polar surface area (TPSA) is 102 Å². The van der Waals surface area contributed by atoms with Crippen LogP contribution < -0.4 is 10.1 Å². The van der Waals surface area contributed by atoms with Gasteiger partial charge in [-0.25, -0.2) is 13.2 Å². The van der Waals surface area contributed by atoms with Crippen LogP contribution in [0.2, 0.25) is 0 Å². The van der Waals surface area contributed by atoms with Crippen molar-refractivity contribution in [2.24, 2.45) is 0 Å². The van der Waals surface area contributed by atoms with E-state index in [4.69, 9.17) is 9.47 Å². The predicted molar refractivity (Wildman–Crippen MR) is 118 cm³/mol. The van der Waals surface area contributed by atoms with Crippen molar-refractivity contribution in [1.82, 2.24) is 4.31 Å². The van der Waals surface area contributed by atoms with Crippen LogP contribution >= 0.6 is 0 Å². The van der Waals surface area contributed by atoms with Gasteiger partial charge in [0, 0.05) is 18.7 Å². The van der Waals surface area contributed by atoms with Gasteiger partial charge in [-0.2, -0.15) is 4.31 Å². The highest BCUT2D eigenvalue weighted by Crippen LogP contribution is 2.34. The van der Waals surface area contributed by atoms with Crippen LogP contribution in [0.4, 0.5) is 5.69 Å². The number of cyclic esters (lactones) is 1. The zero-order chi connectivity index (χ0) is 22.7. The first-order valence-corrected chi connectivity index (χ1v) is 12.1. The molecule has 0 unspecified atom stereocenters. The fourth-order valence-electron chi connectivity index (χ4n) is 4.12. The van der Waals surface area contributed by atoms with Crippen molar-refractivity contribution in [1.29, 1.82) is 0 Å². The van der Waals surface area contributed by atoms with Gasteiger partial charge in [0.2, 0.25) is 15.9 Å². The lowest BCUT2D eigenvalue weighted by Gasteiger charge is -2.21. The number of anilines is 1. The van der Waals surface area contributed by atoms with Crippen molar-refractivity contribution in [3.8, 4) is 5.75 Å². The van der Waals surface area contributed by atoms with Gasteiger partial charge in [0.05, 0.1) is 29.7 Å². The molecule has 2 heterocycles. The molecule has 2 aliphatic rings. The summed E-state index contributed by atoms with van der Waals surface area (Å²) in [5.74, 6) is -0.527. The van der Waals surface area contributed by atoms with Crippen molar-refractivity contribution in [2.75, 3.05) is 25.5 Å². The van der Waals surface area contributed by atoms with Crippen LogP contribution in [0.5, 0.6) is 5.75 Å². The maximum atomic E-state index is 13.1. The van der Waals surface area contributed by atoms with Gasteiger partial charge in [-0.05, 0) is 37.1 Å². The standard InChI is InChI=1S/C23H26N2O6S/c1-30-20-11-10-16(32(28,29)25-12-6-2-3-7-13-25)14-19(20)24-22(26)15-21-17-8-4-5-9-18(17)23(27)31-21/h4-5,8-11,14,21H,2-3,6-7,12-13,15H2,1H3,(H,24,26)/t21-/m0/s1. The minimum absolute atomic E-state index is 0.0883. The summed E-state index contributed by atoms with van der Waals surface area (Å²) in [5, 5.41) is 2.72. The summed E-state index contributed by atoms with van der Waals surface area (Å²) >= 11 is 0. The number of nitrogens with zero attached hydrogens (tertiary/aromatic N) is 1. The Labute approximate surface area is 187 Å². The molecule has 170 valence electrons. The number of ether oxygens (including phenoxy) is 2. The molecule has 1 saturated heterocycles. The molecule has 9 heteroatoms. The molecule has 0 saturated carbocycles. The molecule has 4 rings (SSSR count). The Bertz CT molecular complexity index is 1120. The van der Waals surface area contributed by atoms with E-state index in [0.717, 1.165) is 25.7 Å². The maximum absolute atomic E-state index is 13.1. The molecule has 0 aliphatic carbocycles. The van der Waals surface area contributed by atoms with E-state index < -0.39 is 28.0 Å². The monoisotopic (exact) mass is 458 g/mol. The van der Waals surface area contributed by atoms with Crippen LogP contribution in [-0.4, -0.2) is 44.8 Å². The van der Waals surface area contributed by atoms with Gasteiger partial charge in [0.1, 0.15) is 11.9 Å². The third-order valence-electron chi connectivity index (χ3n) is 5.80. The van der Waals surface area contributed by atoms with Crippen LogP contribution in [-0.2, 0) is 19.6 Å². The Kier molecular flexibility index (Phi) is 6.48. The second kappa shape index (κ2) is 9.30. The molecule has 2 aromatic rings. The number of esters is 1. The van der Waals surface area contributed by atoms with E-state index in [2.05, 4.69) is 5.32 Å². The summed E-state index contributed by atoms with van der Waals surface area (Å²) in [5.41, 5.74) is 1.37. The average molecular weight is 459 g/mol. The summed E-state index contributed by atoms with van der Waals surface area (Å²) in [6, 6.07) is 11.4. The SMILES string of the molecule is COc1ccc(S(=O)(=O)N2CCCCCC2)cc1NC(=O)C[C@@H]1OC(=O)c2ccccc21. The lowest BCUT2D eigenvalue weighted by atomic mass is 10.0. The van der Waals surface area contributed by atoms with E-state index in [1.165, 1.54) is 29.6 Å². The summed E-state index contributed by atoms with van der Waals surface area (Å²) < 4.78 is 38.4. The summed E-state index contributed by atoms with van der Waals surface area (Å²) in [4.78, 5) is 24.8. The number of amides is 1. The smallest absolute Gasteiger partial charge is 0.339 e. The van der Waals surface area contributed by atoms with Crippen molar-refractivity contribution >= 4 is 27.6 Å². The van der Waals surface area contributed by atoms with Crippen molar-refractivity contribution in [3.63, 3.8) is 0 Å². The molecule has 0 aromatic heterocycles. The second-order valence-electron chi connectivity index (χ2n) is 7.91. The Hall–Kier alpha value is -2.91. The number of benzene rings is 2. The highest BCUT2D eigenvalue weighted by Gasteiger charge is 2.32. The second-order valence-corrected chi connectivity index (χ2v) is 9.85. The Morgan fingerprint density at radius 3 is 2.56 bits per heavy atom. The van der Waals surface area contributed by atoms with E-state index >= 15 is 0 Å². The molecular formula is C23H26N2O6S. The predicted octanol–water partition coefficient (Wildman–Crippen LogP) is 3.50. The van der Waals surface area contributed by atoms with Gasteiger partial charge in [0.25, 0.3) is 0 Å². The van der Waals surface area contributed by atoms with Crippen LogP contribution in [0.1, 0.15) is 54.1 Å². The summed E-state index contributed by atoms with van der Waals surface area (Å²) in [6.45, 7) is 0.977. The maximum Gasteiger partial charge on any atom is 0.339 e. The van der Waals surface area contributed by atoms with Gasteiger partial charge in [-0.1, -0.05) is 31.0 Å². The molecule has 1 atom stereocenters. The fourth-order valence-corrected chi connectivity index (χ4v) is 5.66. The number of hydrogen-bond acceptors (Lipinski definition) is 6. The normalized spacial score (nSPS) is 19.0. The molecule has 0 radical (unpaired) electrons. The highest BCUT2D eigenvalue weighted by molar-refractivity contribution is 7.89. The van der Waals surface area contributed by atoms with Crippen LogP contribution in [0.15, 0.2) is 47.4 Å². The van der Waals surface area contributed by atoms with Crippen molar-refractivity contribution in [3.05, 3.63) is 53.6 Å². The van der Waals surface area contributed by atoms with Crippen molar-refractivity contribution < 1.29 is 27.5 Å². The number of carbonyl (C=O) groups excluding carboxylic acids is 2. The largest absolute Gasteiger partial charge is 0.495 e. The number of carbonyl (C=O) groups is 2. The summed E-state index contributed by atoms with van der Waals surface area (Å²) in [7, 11) is -2.23. The quantitative estimate of drug-likeness (QED) is 0.665. The van der Waals surface area contributed by atoms with Gasteiger partial charge >= 0.3 is 5.97 Å². The first kappa shape index (κ1) is 22.3. The Morgan fingerprint density at radius 2 is 1.84 bits per heavy atom. The van der Waals surface area contributed by atoms with E-state index in [9.17, 15) is 18.0 Å². The lowest BCUT2D eigenvalue weighted by molar-refractivity contribution is -0.118. The van der Waals surface area contributed by atoms with Gasteiger partial charge in [-0.15, -0.1) is 0 Å². The van der Waals surface area contributed by atoms with E-state index in [1.807, 2.05) is 0 Å². The van der Waals surface area contributed by atoms with Crippen LogP contribution in [0, 0.1) is 0 Å². The molecule has 1 amide bonds. The molecule has 32 heavy (non-hydrogen) atoms. The molecule has 0 spiro atoms. The Balaban J connectivity index is 1.53. The molecule has 8 nitrogen and oxygen atoms in total. The van der Waals surface area contributed by atoms with Crippen molar-refractivity contribution in [2.45, 2.75) is 43.1 Å². The fraction of sp³-hybridized carbons (Fsp3) is 0.391. The number of nitrogens with one attached hydrogen (secondary N) is 1. The third kappa shape index (κ3) is 4.49. The molecule has 2 aromatic carbocycles. The third-order valence-corrected chi connectivity index (χ3v) is 7.69. The van der Waals surface area contributed by atoms with Crippen LogP contribution in [0.25, 0.3) is 0 Å². The molecule has 1 fully saturated rings. The zero-order valence-corrected chi connectivity index (χ0v) is 18.7. The lowest BCUT2D eigenvalue weighted by Crippen LogP contribution is -2.32. The van der Waals surface area contributed by atoms with Gasteiger partial charge in [-0.3, -0.25) is 4.79 Å². The molecule has 1 N–H and O–H groups in total. The van der Waals surface area contributed by atoms with E-state index in [0.29, 0.717) is 30.0 Å². The minimum atomic E-state index is -3.68. The first-order chi connectivity index (χ1) is 15.4.